The zero-order valence-electron chi connectivity index (χ0n) is 12.5. The van der Waals surface area contributed by atoms with Gasteiger partial charge in [0.15, 0.2) is 6.61 Å². The molecule has 22 heavy (non-hydrogen) atoms. The van der Waals surface area contributed by atoms with Gasteiger partial charge in [0, 0.05) is 6.54 Å². The highest BCUT2D eigenvalue weighted by Gasteiger charge is 2.03. The Bertz CT molecular complexity index is 655. The summed E-state index contributed by atoms with van der Waals surface area (Å²) >= 11 is 0. The van der Waals surface area contributed by atoms with Gasteiger partial charge < -0.3 is 10.1 Å². The Kier molecular flexibility index (Phi) is 5.56. The maximum Gasteiger partial charge on any atom is 0.258 e. The van der Waals surface area contributed by atoms with Crippen LogP contribution in [0.5, 0.6) is 5.75 Å². The average molecular weight is 294 g/mol. The first-order valence-electron chi connectivity index (χ1n) is 7.18. The van der Waals surface area contributed by atoms with Gasteiger partial charge in [-0.05, 0) is 41.8 Å². The summed E-state index contributed by atoms with van der Waals surface area (Å²) in [4.78, 5) is 11.7. The first-order chi connectivity index (χ1) is 10.7. The predicted molar refractivity (Wildman–Crippen MR) is 84.3 cm³/mol. The van der Waals surface area contributed by atoms with E-state index in [9.17, 15) is 4.79 Å². The Balaban J connectivity index is 1.76. The lowest BCUT2D eigenvalue weighted by molar-refractivity contribution is -0.123. The fourth-order valence-electron chi connectivity index (χ4n) is 1.92. The fraction of sp³-hybridized carbons (Fsp3) is 0.222. The number of amides is 1. The second-order valence-corrected chi connectivity index (χ2v) is 4.87. The third-order valence-electron chi connectivity index (χ3n) is 3.27. The Labute approximate surface area is 130 Å². The Morgan fingerprint density at radius 2 is 1.73 bits per heavy atom. The van der Waals surface area contributed by atoms with Gasteiger partial charge in [0.05, 0.1) is 11.6 Å². The number of hydrogen-bond donors (Lipinski definition) is 1. The maximum atomic E-state index is 11.7. The van der Waals surface area contributed by atoms with Crippen LogP contribution in [0.25, 0.3) is 0 Å². The monoisotopic (exact) mass is 294 g/mol. The number of nitrogens with one attached hydrogen (secondary N) is 1. The minimum Gasteiger partial charge on any atom is -0.484 e. The topological polar surface area (TPSA) is 62.1 Å². The van der Waals surface area contributed by atoms with Crippen LogP contribution in [-0.4, -0.2) is 12.5 Å². The lowest BCUT2D eigenvalue weighted by Gasteiger charge is -2.08. The summed E-state index contributed by atoms with van der Waals surface area (Å²) in [5, 5.41) is 11.5. The molecule has 2 rings (SSSR count). The third-order valence-corrected chi connectivity index (χ3v) is 3.27. The zero-order chi connectivity index (χ0) is 15.8. The summed E-state index contributed by atoms with van der Waals surface area (Å²) in [6, 6.07) is 16.9. The smallest absolute Gasteiger partial charge is 0.258 e. The number of rotatable bonds is 6. The normalized spacial score (nSPS) is 9.82. The van der Waals surface area contributed by atoms with Gasteiger partial charge >= 0.3 is 0 Å². The molecule has 0 aliphatic carbocycles. The summed E-state index contributed by atoms with van der Waals surface area (Å²) < 4.78 is 5.44. The second-order valence-electron chi connectivity index (χ2n) is 4.87. The van der Waals surface area contributed by atoms with Gasteiger partial charge in [-0.1, -0.05) is 31.2 Å². The number of nitriles is 1. The molecule has 0 saturated carbocycles. The summed E-state index contributed by atoms with van der Waals surface area (Å²) in [5.74, 6) is 0.509. The SMILES string of the molecule is CCc1ccc(OCC(=O)NCc2ccc(C#N)cc2)cc1. The molecule has 0 fully saturated rings. The summed E-state index contributed by atoms with van der Waals surface area (Å²) in [6.45, 7) is 2.50. The molecule has 2 aromatic rings. The van der Waals surface area contributed by atoms with Crippen molar-refractivity contribution in [2.75, 3.05) is 6.61 Å². The lowest BCUT2D eigenvalue weighted by atomic mass is 10.1. The predicted octanol–water partition coefficient (Wildman–Crippen LogP) is 2.82. The van der Waals surface area contributed by atoms with Crippen LogP contribution in [-0.2, 0) is 17.8 Å². The first-order valence-corrected chi connectivity index (χ1v) is 7.18. The van der Waals surface area contributed by atoms with Gasteiger partial charge in [0.2, 0.25) is 0 Å². The van der Waals surface area contributed by atoms with Crippen molar-refractivity contribution < 1.29 is 9.53 Å². The second kappa shape index (κ2) is 7.84. The molecule has 0 radical (unpaired) electrons. The quantitative estimate of drug-likeness (QED) is 0.891. The number of carbonyl (C=O) groups excluding carboxylic acids is 1. The van der Waals surface area contributed by atoms with Crippen LogP contribution in [0.4, 0.5) is 0 Å². The van der Waals surface area contributed by atoms with Gasteiger partial charge in [-0.15, -0.1) is 0 Å². The largest absolute Gasteiger partial charge is 0.484 e. The fourth-order valence-corrected chi connectivity index (χ4v) is 1.92. The number of nitrogens with zero attached hydrogens (tertiary/aromatic N) is 1. The molecule has 0 saturated heterocycles. The van der Waals surface area contributed by atoms with Gasteiger partial charge in [0.25, 0.3) is 5.91 Å². The molecule has 0 bridgehead atoms. The summed E-state index contributed by atoms with van der Waals surface area (Å²) in [5.41, 5.74) is 2.78. The van der Waals surface area contributed by atoms with Crippen LogP contribution in [0.1, 0.15) is 23.6 Å². The molecule has 0 atom stereocenters. The van der Waals surface area contributed by atoms with E-state index in [1.54, 1.807) is 12.1 Å². The van der Waals surface area contributed by atoms with E-state index in [4.69, 9.17) is 10.00 Å². The molecule has 1 amide bonds. The molecular formula is C18H18N2O2. The van der Waals surface area contributed by atoms with E-state index >= 15 is 0 Å². The Hall–Kier alpha value is -2.80. The molecule has 0 spiro atoms. The van der Waals surface area contributed by atoms with Crippen molar-refractivity contribution in [1.82, 2.24) is 5.32 Å². The molecule has 0 unspecified atom stereocenters. The van der Waals surface area contributed by atoms with Crippen LogP contribution in [0, 0.1) is 11.3 Å². The zero-order valence-corrected chi connectivity index (χ0v) is 12.5. The van der Waals surface area contributed by atoms with E-state index in [1.165, 1.54) is 5.56 Å². The molecule has 4 heteroatoms. The lowest BCUT2D eigenvalue weighted by Crippen LogP contribution is -2.28. The highest BCUT2D eigenvalue weighted by Crippen LogP contribution is 2.12. The summed E-state index contributed by atoms with van der Waals surface area (Å²) in [6.07, 6.45) is 0.978. The van der Waals surface area contributed by atoms with Crippen LogP contribution in [0.15, 0.2) is 48.5 Å². The highest BCUT2D eigenvalue weighted by atomic mass is 16.5. The first kappa shape index (κ1) is 15.6. The molecule has 0 heterocycles. The standard InChI is InChI=1S/C18H18N2O2/c1-2-14-7-9-17(10-8-14)22-13-18(21)20-12-16-5-3-15(11-19)4-6-16/h3-10H,2,12-13H2,1H3,(H,20,21). The van der Waals surface area contributed by atoms with E-state index in [0.29, 0.717) is 17.9 Å². The van der Waals surface area contributed by atoms with E-state index in [2.05, 4.69) is 18.3 Å². The van der Waals surface area contributed by atoms with E-state index in [1.807, 2.05) is 36.4 Å². The van der Waals surface area contributed by atoms with Gasteiger partial charge in [-0.3, -0.25) is 4.79 Å². The molecule has 0 aromatic heterocycles. The molecule has 0 aliphatic rings. The van der Waals surface area contributed by atoms with Crippen molar-refractivity contribution in [1.29, 1.82) is 5.26 Å². The van der Waals surface area contributed by atoms with Crippen molar-refractivity contribution in [3.05, 3.63) is 65.2 Å². The molecule has 0 aliphatic heterocycles. The summed E-state index contributed by atoms with van der Waals surface area (Å²) in [7, 11) is 0. The molecule has 2 aromatic carbocycles. The minimum atomic E-state index is -0.177. The van der Waals surface area contributed by atoms with Crippen molar-refractivity contribution in [3.8, 4) is 11.8 Å². The van der Waals surface area contributed by atoms with Gasteiger partial charge in [-0.2, -0.15) is 5.26 Å². The molecule has 112 valence electrons. The van der Waals surface area contributed by atoms with E-state index in [0.717, 1.165) is 12.0 Å². The van der Waals surface area contributed by atoms with Crippen LogP contribution >= 0.6 is 0 Å². The minimum absolute atomic E-state index is 0.0122. The number of aryl methyl sites for hydroxylation is 1. The molecule has 1 N–H and O–H groups in total. The van der Waals surface area contributed by atoms with Crippen LogP contribution in [0.2, 0.25) is 0 Å². The Morgan fingerprint density at radius 3 is 2.32 bits per heavy atom. The van der Waals surface area contributed by atoms with Gasteiger partial charge in [-0.25, -0.2) is 0 Å². The van der Waals surface area contributed by atoms with Crippen molar-refractivity contribution >= 4 is 5.91 Å². The highest BCUT2D eigenvalue weighted by molar-refractivity contribution is 5.77. The molecule has 4 nitrogen and oxygen atoms in total. The van der Waals surface area contributed by atoms with Crippen molar-refractivity contribution in [3.63, 3.8) is 0 Å². The Morgan fingerprint density at radius 1 is 1.09 bits per heavy atom. The molecular weight excluding hydrogens is 276 g/mol. The van der Waals surface area contributed by atoms with Crippen LogP contribution < -0.4 is 10.1 Å². The number of carbonyl (C=O) groups is 1. The van der Waals surface area contributed by atoms with E-state index in [-0.39, 0.29) is 12.5 Å². The van der Waals surface area contributed by atoms with Crippen molar-refractivity contribution in [2.24, 2.45) is 0 Å². The van der Waals surface area contributed by atoms with Crippen LogP contribution in [0.3, 0.4) is 0 Å². The third kappa shape index (κ3) is 4.64. The van der Waals surface area contributed by atoms with Crippen molar-refractivity contribution in [2.45, 2.75) is 19.9 Å². The average Bonchev–Trinajstić information content (AvgIpc) is 2.59. The maximum absolute atomic E-state index is 11.7. The van der Waals surface area contributed by atoms with E-state index < -0.39 is 0 Å². The number of hydrogen-bond acceptors (Lipinski definition) is 3. The number of benzene rings is 2. The van der Waals surface area contributed by atoms with Gasteiger partial charge in [0.1, 0.15) is 5.75 Å². The number of ether oxygens (including phenoxy) is 1.